The zero-order valence-corrected chi connectivity index (χ0v) is 15.7. The van der Waals surface area contributed by atoms with Gasteiger partial charge in [0.25, 0.3) is 0 Å². The second-order valence-electron chi connectivity index (χ2n) is 6.67. The van der Waals surface area contributed by atoms with E-state index in [0.29, 0.717) is 0 Å². The Kier molecular flexibility index (Phi) is 4.14. The minimum absolute atomic E-state index is 0.793. The van der Waals surface area contributed by atoms with Crippen LogP contribution >= 0.6 is 0 Å². The van der Waals surface area contributed by atoms with Crippen LogP contribution in [0.15, 0.2) is 24.3 Å². The second-order valence-corrected chi connectivity index (χ2v) is 6.67. The summed E-state index contributed by atoms with van der Waals surface area (Å²) in [7, 11) is 3.66. The highest BCUT2D eigenvalue weighted by atomic mass is 16.5. The lowest BCUT2D eigenvalue weighted by molar-refractivity contribution is 0.415. The molecule has 0 atom stereocenters. The molecule has 0 amide bonds. The number of piperazine rings is 1. The molecule has 1 aromatic carbocycles. The second kappa shape index (κ2) is 6.48. The summed E-state index contributed by atoms with van der Waals surface area (Å²) in [6.07, 6.45) is 0. The van der Waals surface area contributed by atoms with E-state index in [1.54, 1.807) is 7.11 Å². The Bertz CT molecular complexity index is 925. The highest BCUT2D eigenvalue weighted by molar-refractivity contribution is 5.88. The van der Waals surface area contributed by atoms with Crippen molar-refractivity contribution in [2.45, 2.75) is 13.8 Å². The normalized spacial score (nSPS) is 14.9. The van der Waals surface area contributed by atoms with Crippen molar-refractivity contribution in [1.29, 1.82) is 0 Å². The van der Waals surface area contributed by atoms with E-state index < -0.39 is 0 Å². The van der Waals surface area contributed by atoms with Crippen LogP contribution in [0.2, 0.25) is 0 Å². The molecule has 0 bridgehead atoms. The zero-order chi connectivity index (χ0) is 18.3. The predicted molar refractivity (Wildman–Crippen MR) is 103 cm³/mol. The van der Waals surface area contributed by atoms with Gasteiger partial charge in [0.1, 0.15) is 22.6 Å². The first-order chi connectivity index (χ1) is 12.6. The monoisotopic (exact) mass is 352 g/mol. The molecule has 2 aromatic heterocycles. The molecule has 7 heteroatoms. The molecule has 26 heavy (non-hydrogen) atoms. The van der Waals surface area contributed by atoms with Crippen molar-refractivity contribution in [1.82, 2.24) is 19.7 Å². The van der Waals surface area contributed by atoms with Crippen LogP contribution in [0.1, 0.15) is 11.5 Å². The maximum absolute atomic E-state index is 5.25. The summed E-state index contributed by atoms with van der Waals surface area (Å²) >= 11 is 0. The number of nitrogens with zero attached hydrogens (tertiary/aromatic N) is 6. The van der Waals surface area contributed by atoms with Gasteiger partial charge in [0.2, 0.25) is 0 Å². The molecule has 3 heterocycles. The molecule has 3 aromatic rings. The van der Waals surface area contributed by atoms with E-state index >= 15 is 0 Å². The lowest BCUT2D eigenvalue weighted by atomic mass is 10.2. The molecule has 0 unspecified atom stereocenters. The number of hydrogen-bond acceptors (Lipinski definition) is 6. The Hall–Kier alpha value is -2.83. The molecule has 1 aliphatic rings. The molecule has 7 nitrogen and oxygen atoms in total. The van der Waals surface area contributed by atoms with Gasteiger partial charge in [-0.25, -0.2) is 9.97 Å². The number of benzene rings is 1. The van der Waals surface area contributed by atoms with Gasteiger partial charge in [-0.2, -0.15) is 5.10 Å². The number of aryl methyl sites for hydroxylation is 3. The van der Waals surface area contributed by atoms with Gasteiger partial charge >= 0.3 is 0 Å². The number of ether oxygens (including phenoxy) is 1. The molecule has 0 radical (unpaired) electrons. The SMILES string of the molecule is COc1ccc(N2CCN(c3nc(C)nc4c(C)nn(C)c34)CC2)cc1. The van der Waals surface area contributed by atoms with E-state index in [1.807, 2.05) is 37.7 Å². The van der Waals surface area contributed by atoms with Crippen LogP contribution in [0, 0.1) is 13.8 Å². The van der Waals surface area contributed by atoms with Crippen molar-refractivity contribution < 1.29 is 4.74 Å². The lowest BCUT2D eigenvalue weighted by Crippen LogP contribution is -2.47. The predicted octanol–water partition coefficient (Wildman–Crippen LogP) is 2.32. The lowest BCUT2D eigenvalue weighted by Gasteiger charge is -2.37. The molecule has 1 aliphatic heterocycles. The summed E-state index contributed by atoms with van der Waals surface area (Å²) in [5, 5.41) is 4.53. The van der Waals surface area contributed by atoms with Gasteiger partial charge in [0.05, 0.1) is 12.8 Å². The molecule has 1 saturated heterocycles. The average Bonchev–Trinajstić information content (AvgIpc) is 2.95. The maximum atomic E-state index is 5.25. The van der Waals surface area contributed by atoms with E-state index in [1.165, 1.54) is 5.69 Å². The van der Waals surface area contributed by atoms with Gasteiger partial charge in [-0.1, -0.05) is 0 Å². The molecule has 0 aliphatic carbocycles. The van der Waals surface area contributed by atoms with Gasteiger partial charge in [-0.05, 0) is 38.1 Å². The summed E-state index contributed by atoms with van der Waals surface area (Å²) in [4.78, 5) is 14.1. The van der Waals surface area contributed by atoms with Crippen molar-refractivity contribution in [3.8, 4) is 5.75 Å². The number of fused-ring (bicyclic) bond motifs is 1. The summed E-state index contributed by atoms with van der Waals surface area (Å²) in [6.45, 7) is 7.69. The fraction of sp³-hybridized carbons (Fsp3) is 0.421. The zero-order valence-electron chi connectivity index (χ0n) is 15.7. The van der Waals surface area contributed by atoms with Gasteiger partial charge in [0, 0.05) is 38.9 Å². The molecule has 0 saturated carbocycles. The average molecular weight is 352 g/mol. The van der Waals surface area contributed by atoms with Gasteiger partial charge < -0.3 is 14.5 Å². The molecule has 0 N–H and O–H groups in total. The van der Waals surface area contributed by atoms with Crippen LogP contribution < -0.4 is 14.5 Å². The van der Waals surface area contributed by atoms with Crippen molar-refractivity contribution >= 4 is 22.5 Å². The Balaban J connectivity index is 1.57. The van der Waals surface area contributed by atoms with Crippen molar-refractivity contribution in [3.63, 3.8) is 0 Å². The van der Waals surface area contributed by atoms with Crippen LogP contribution in [-0.2, 0) is 7.05 Å². The first-order valence-corrected chi connectivity index (χ1v) is 8.88. The first-order valence-electron chi connectivity index (χ1n) is 8.88. The van der Waals surface area contributed by atoms with E-state index in [0.717, 1.165) is 60.3 Å². The van der Waals surface area contributed by atoms with Gasteiger partial charge in [-0.15, -0.1) is 0 Å². The van der Waals surface area contributed by atoms with Gasteiger partial charge in [-0.3, -0.25) is 4.68 Å². The van der Waals surface area contributed by atoms with Crippen LogP contribution in [0.5, 0.6) is 5.75 Å². The highest BCUT2D eigenvalue weighted by Gasteiger charge is 2.23. The van der Waals surface area contributed by atoms with Crippen LogP contribution in [0.3, 0.4) is 0 Å². The fourth-order valence-electron chi connectivity index (χ4n) is 3.61. The Morgan fingerprint density at radius 1 is 0.923 bits per heavy atom. The topological polar surface area (TPSA) is 59.3 Å². The van der Waals surface area contributed by atoms with E-state index in [9.17, 15) is 0 Å². The smallest absolute Gasteiger partial charge is 0.158 e. The summed E-state index contributed by atoms with van der Waals surface area (Å²) in [5.41, 5.74) is 4.15. The Labute approximate surface area is 153 Å². The van der Waals surface area contributed by atoms with E-state index in [-0.39, 0.29) is 0 Å². The van der Waals surface area contributed by atoms with Crippen LogP contribution in [0.4, 0.5) is 11.5 Å². The third kappa shape index (κ3) is 2.83. The molecule has 1 fully saturated rings. The molecular formula is C19H24N6O. The van der Waals surface area contributed by atoms with E-state index in [4.69, 9.17) is 9.72 Å². The molecule has 4 rings (SSSR count). The molecule has 136 valence electrons. The number of rotatable bonds is 3. The first kappa shape index (κ1) is 16.6. The standard InChI is InChI=1S/C19H24N6O/c1-13-17-18(23(3)22-13)19(21-14(2)20-17)25-11-9-24(10-12-25)15-5-7-16(26-4)8-6-15/h5-8H,9-12H2,1-4H3. The third-order valence-corrected chi connectivity index (χ3v) is 4.96. The minimum atomic E-state index is 0.793. The number of methoxy groups -OCH3 is 1. The van der Waals surface area contributed by atoms with Crippen LogP contribution in [0.25, 0.3) is 11.0 Å². The van der Waals surface area contributed by atoms with Crippen molar-refractivity contribution in [2.24, 2.45) is 7.05 Å². The van der Waals surface area contributed by atoms with Crippen molar-refractivity contribution in [3.05, 3.63) is 35.8 Å². The summed E-state index contributed by atoms with van der Waals surface area (Å²) in [6, 6.07) is 8.26. The van der Waals surface area contributed by atoms with Crippen LogP contribution in [-0.4, -0.2) is 53.0 Å². The third-order valence-electron chi connectivity index (χ3n) is 4.96. The highest BCUT2D eigenvalue weighted by Crippen LogP contribution is 2.27. The van der Waals surface area contributed by atoms with Gasteiger partial charge in [0.15, 0.2) is 5.82 Å². The quantitative estimate of drug-likeness (QED) is 0.721. The number of aromatic nitrogens is 4. The Morgan fingerprint density at radius 3 is 2.23 bits per heavy atom. The maximum Gasteiger partial charge on any atom is 0.158 e. The van der Waals surface area contributed by atoms with Crippen molar-refractivity contribution in [2.75, 3.05) is 43.1 Å². The largest absolute Gasteiger partial charge is 0.497 e. The summed E-state index contributed by atoms with van der Waals surface area (Å²) < 4.78 is 7.15. The fourth-order valence-corrected chi connectivity index (χ4v) is 3.61. The van der Waals surface area contributed by atoms with E-state index in [2.05, 4.69) is 32.0 Å². The molecular weight excluding hydrogens is 328 g/mol. The molecule has 0 spiro atoms. The minimum Gasteiger partial charge on any atom is -0.497 e. The summed E-state index contributed by atoms with van der Waals surface area (Å²) in [5.74, 6) is 2.67. The number of anilines is 2. The number of hydrogen-bond donors (Lipinski definition) is 0. The Morgan fingerprint density at radius 2 is 1.58 bits per heavy atom.